The zero-order chi connectivity index (χ0) is 16.3. The van der Waals surface area contributed by atoms with E-state index in [2.05, 4.69) is 16.0 Å². The summed E-state index contributed by atoms with van der Waals surface area (Å²) >= 11 is 0. The van der Waals surface area contributed by atoms with E-state index in [1.54, 1.807) is 4.90 Å². The average molecular weight is 305 g/mol. The molecule has 0 N–H and O–H groups in total. The first-order valence-corrected chi connectivity index (χ1v) is 7.90. The fourth-order valence-electron chi connectivity index (χ4n) is 2.61. The second kappa shape index (κ2) is 6.55. The van der Waals surface area contributed by atoms with Gasteiger partial charge in [-0.05, 0) is 52.2 Å². The van der Waals surface area contributed by atoms with Crippen LogP contribution in [0.1, 0.15) is 39.2 Å². The molecule has 2 heterocycles. The van der Waals surface area contributed by atoms with Crippen molar-refractivity contribution in [3.8, 4) is 0 Å². The van der Waals surface area contributed by atoms with Gasteiger partial charge in [0.05, 0.1) is 6.04 Å². The second-order valence-corrected chi connectivity index (χ2v) is 7.03. The predicted molar refractivity (Wildman–Crippen MR) is 88.2 cm³/mol. The van der Waals surface area contributed by atoms with Gasteiger partial charge in [-0.1, -0.05) is 6.07 Å². The second-order valence-electron chi connectivity index (χ2n) is 7.03. The molecular weight excluding hydrogens is 278 g/mol. The highest BCUT2D eigenvalue weighted by Crippen LogP contribution is 2.21. The Morgan fingerprint density at radius 2 is 2.14 bits per heavy atom. The molecule has 0 radical (unpaired) electrons. The Morgan fingerprint density at radius 1 is 1.41 bits per heavy atom. The molecular formula is C17H27N3O2. The molecule has 1 unspecified atom stereocenters. The lowest BCUT2D eigenvalue weighted by atomic mass is 10.0. The highest BCUT2D eigenvalue weighted by Gasteiger charge is 2.29. The monoisotopic (exact) mass is 305 g/mol. The van der Waals surface area contributed by atoms with E-state index in [0.717, 1.165) is 37.3 Å². The highest BCUT2D eigenvalue weighted by molar-refractivity contribution is 5.68. The standard InChI is InChI=1S/C17H27N3O2/c1-13-8-9-15(18-11-13)20-10-6-7-14(12-20)19(5)16(21)22-17(2,3)4/h8-9,11,14H,6-7,10,12H2,1-5H3. The summed E-state index contributed by atoms with van der Waals surface area (Å²) in [5.74, 6) is 0.980. The van der Waals surface area contributed by atoms with Gasteiger partial charge in [0, 0.05) is 26.3 Å². The topological polar surface area (TPSA) is 45.7 Å². The highest BCUT2D eigenvalue weighted by atomic mass is 16.6. The normalized spacial score (nSPS) is 19.0. The van der Waals surface area contributed by atoms with Crippen LogP contribution < -0.4 is 4.90 Å². The van der Waals surface area contributed by atoms with Gasteiger partial charge >= 0.3 is 6.09 Å². The number of piperidine rings is 1. The molecule has 22 heavy (non-hydrogen) atoms. The van der Waals surface area contributed by atoms with Crippen LogP contribution in [0.15, 0.2) is 18.3 Å². The first kappa shape index (κ1) is 16.6. The van der Waals surface area contributed by atoms with Crippen molar-refractivity contribution in [2.75, 3.05) is 25.0 Å². The molecule has 1 aliphatic heterocycles. The molecule has 1 aromatic rings. The van der Waals surface area contributed by atoms with Crippen LogP contribution in [0.4, 0.5) is 10.6 Å². The van der Waals surface area contributed by atoms with Gasteiger partial charge in [0.1, 0.15) is 11.4 Å². The Morgan fingerprint density at radius 3 is 2.73 bits per heavy atom. The molecule has 5 nitrogen and oxygen atoms in total. The molecule has 0 spiro atoms. The number of amides is 1. The van der Waals surface area contributed by atoms with E-state index in [0.29, 0.717) is 0 Å². The largest absolute Gasteiger partial charge is 0.444 e. The maximum atomic E-state index is 12.2. The number of carbonyl (C=O) groups is 1. The SMILES string of the molecule is Cc1ccc(N2CCCC(N(C)C(=O)OC(C)(C)C)C2)nc1. The zero-order valence-corrected chi connectivity index (χ0v) is 14.3. The number of aromatic nitrogens is 1. The van der Waals surface area contributed by atoms with Crippen molar-refractivity contribution in [2.45, 2.75) is 52.2 Å². The van der Waals surface area contributed by atoms with Crippen LogP contribution in [-0.4, -0.2) is 47.8 Å². The summed E-state index contributed by atoms with van der Waals surface area (Å²) in [6.07, 6.45) is 3.68. The Balaban J connectivity index is 2.00. The van der Waals surface area contributed by atoms with Gasteiger partial charge in [-0.25, -0.2) is 9.78 Å². The molecule has 0 bridgehead atoms. The van der Waals surface area contributed by atoms with Crippen molar-refractivity contribution in [1.29, 1.82) is 0 Å². The van der Waals surface area contributed by atoms with Crippen molar-refractivity contribution in [3.05, 3.63) is 23.9 Å². The van der Waals surface area contributed by atoms with Crippen LogP contribution in [-0.2, 0) is 4.74 Å². The fraction of sp³-hybridized carbons (Fsp3) is 0.647. The third-order valence-corrected chi connectivity index (χ3v) is 3.85. The molecule has 1 aromatic heterocycles. The number of rotatable bonds is 2. The van der Waals surface area contributed by atoms with Gasteiger partial charge in [-0.15, -0.1) is 0 Å². The number of hydrogen-bond acceptors (Lipinski definition) is 4. The molecule has 5 heteroatoms. The summed E-state index contributed by atoms with van der Waals surface area (Å²) in [4.78, 5) is 20.7. The van der Waals surface area contributed by atoms with Crippen LogP contribution >= 0.6 is 0 Å². The van der Waals surface area contributed by atoms with Gasteiger partial charge in [-0.3, -0.25) is 0 Å². The number of likely N-dealkylation sites (N-methyl/N-ethyl adjacent to an activating group) is 1. The van der Waals surface area contributed by atoms with Crippen molar-refractivity contribution >= 4 is 11.9 Å². The average Bonchev–Trinajstić information content (AvgIpc) is 2.45. The molecule has 1 aliphatic rings. The number of ether oxygens (including phenoxy) is 1. The number of hydrogen-bond donors (Lipinski definition) is 0. The molecule has 1 fully saturated rings. The summed E-state index contributed by atoms with van der Waals surface area (Å²) < 4.78 is 5.46. The molecule has 0 saturated carbocycles. The van der Waals surface area contributed by atoms with E-state index >= 15 is 0 Å². The molecule has 122 valence electrons. The Kier molecular flexibility index (Phi) is 4.94. The van der Waals surface area contributed by atoms with E-state index in [4.69, 9.17) is 4.74 Å². The van der Waals surface area contributed by atoms with E-state index in [1.807, 2.05) is 47.0 Å². The maximum absolute atomic E-state index is 12.2. The van der Waals surface area contributed by atoms with Crippen molar-refractivity contribution in [3.63, 3.8) is 0 Å². The molecule has 0 aliphatic carbocycles. The lowest BCUT2D eigenvalue weighted by Crippen LogP contribution is -2.50. The number of pyridine rings is 1. The number of aryl methyl sites for hydroxylation is 1. The molecule has 1 atom stereocenters. The van der Waals surface area contributed by atoms with E-state index in [-0.39, 0.29) is 12.1 Å². The van der Waals surface area contributed by atoms with Crippen LogP contribution in [0.3, 0.4) is 0 Å². The molecule has 1 saturated heterocycles. The van der Waals surface area contributed by atoms with Crippen molar-refractivity contribution < 1.29 is 9.53 Å². The van der Waals surface area contributed by atoms with Gasteiger partial charge in [0.15, 0.2) is 0 Å². The first-order valence-electron chi connectivity index (χ1n) is 7.90. The summed E-state index contributed by atoms with van der Waals surface area (Å²) in [5.41, 5.74) is 0.696. The van der Waals surface area contributed by atoms with Gasteiger partial charge in [0.2, 0.25) is 0 Å². The van der Waals surface area contributed by atoms with E-state index < -0.39 is 5.60 Å². The summed E-state index contributed by atoms with van der Waals surface area (Å²) in [5, 5.41) is 0. The predicted octanol–water partition coefficient (Wildman–Crippen LogP) is 3.23. The van der Waals surface area contributed by atoms with Crippen LogP contribution in [0, 0.1) is 6.92 Å². The Bertz CT molecular complexity index is 508. The summed E-state index contributed by atoms with van der Waals surface area (Å²) in [7, 11) is 1.82. The minimum Gasteiger partial charge on any atom is -0.444 e. The molecule has 1 amide bonds. The minimum absolute atomic E-state index is 0.159. The van der Waals surface area contributed by atoms with Crippen molar-refractivity contribution in [2.24, 2.45) is 0 Å². The zero-order valence-electron chi connectivity index (χ0n) is 14.3. The fourth-order valence-corrected chi connectivity index (χ4v) is 2.61. The summed E-state index contributed by atoms with van der Waals surface area (Å²) in [6.45, 7) is 9.49. The third-order valence-electron chi connectivity index (χ3n) is 3.85. The van der Waals surface area contributed by atoms with Gasteiger partial charge < -0.3 is 14.5 Å². The number of nitrogens with zero attached hydrogens (tertiary/aromatic N) is 3. The van der Waals surface area contributed by atoms with Crippen molar-refractivity contribution in [1.82, 2.24) is 9.88 Å². The lowest BCUT2D eigenvalue weighted by Gasteiger charge is -2.38. The first-order chi connectivity index (χ1) is 10.3. The molecule has 0 aromatic carbocycles. The smallest absolute Gasteiger partial charge is 0.410 e. The maximum Gasteiger partial charge on any atom is 0.410 e. The van der Waals surface area contributed by atoms with Crippen LogP contribution in [0.2, 0.25) is 0 Å². The number of anilines is 1. The van der Waals surface area contributed by atoms with Gasteiger partial charge in [0.25, 0.3) is 0 Å². The third kappa shape index (κ3) is 4.36. The Labute approximate surface area is 133 Å². The van der Waals surface area contributed by atoms with Crippen LogP contribution in [0.5, 0.6) is 0 Å². The molecule has 2 rings (SSSR count). The van der Waals surface area contributed by atoms with E-state index in [9.17, 15) is 4.79 Å². The minimum atomic E-state index is -0.460. The van der Waals surface area contributed by atoms with E-state index in [1.165, 1.54) is 0 Å². The quantitative estimate of drug-likeness (QED) is 0.841. The van der Waals surface area contributed by atoms with Crippen LogP contribution in [0.25, 0.3) is 0 Å². The number of carbonyl (C=O) groups excluding carboxylic acids is 1. The lowest BCUT2D eigenvalue weighted by molar-refractivity contribution is 0.0209. The Hall–Kier alpha value is -1.78. The summed E-state index contributed by atoms with van der Waals surface area (Å²) in [6, 6.07) is 4.28. The van der Waals surface area contributed by atoms with Gasteiger partial charge in [-0.2, -0.15) is 0 Å².